The van der Waals surface area contributed by atoms with Crippen LogP contribution in [0.25, 0.3) is 5.65 Å². The molecule has 118 valence electrons. The van der Waals surface area contributed by atoms with E-state index in [4.69, 9.17) is 11.6 Å². The number of para-hydroxylation sites is 1. The highest BCUT2D eigenvalue weighted by molar-refractivity contribution is 6.30. The Morgan fingerprint density at radius 2 is 2.00 bits per heavy atom. The summed E-state index contributed by atoms with van der Waals surface area (Å²) in [4.78, 5) is 16.8. The van der Waals surface area contributed by atoms with Crippen LogP contribution in [0, 0.1) is 0 Å². The number of carbonyl (C=O) groups is 1. The third kappa shape index (κ3) is 3.54. The molecule has 0 aliphatic carbocycles. The van der Waals surface area contributed by atoms with E-state index in [0.717, 1.165) is 16.9 Å². The van der Waals surface area contributed by atoms with Gasteiger partial charge in [-0.3, -0.25) is 4.79 Å². The van der Waals surface area contributed by atoms with Gasteiger partial charge in [0.15, 0.2) is 0 Å². The number of nitrogens with one attached hydrogen (secondary N) is 1. The third-order valence-corrected chi connectivity index (χ3v) is 3.89. The molecule has 2 heterocycles. The fourth-order valence-electron chi connectivity index (χ4n) is 2.58. The van der Waals surface area contributed by atoms with Crippen LogP contribution in [0.2, 0.25) is 5.02 Å². The molecule has 1 aromatic carbocycles. The minimum absolute atomic E-state index is 0.0763. The van der Waals surface area contributed by atoms with Gasteiger partial charge in [0.05, 0.1) is 17.1 Å². The van der Waals surface area contributed by atoms with Crippen molar-refractivity contribution in [2.45, 2.75) is 26.2 Å². The summed E-state index contributed by atoms with van der Waals surface area (Å²) in [5.74, 6) is 0.274. The highest BCUT2D eigenvalue weighted by Gasteiger charge is 2.11. The summed E-state index contributed by atoms with van der Waals surface area (Å²) in [5.41, 5.74) is 3.48. The van der Waals surface area contributed by atoms with E-state index in [1.807, 2.05) is 40.9 Å². The molecule has 23 heavy (non-hydrogen) atoms. The van der Waals surface area contributed by atoms with Crippen LogP contribution in [0.3, 0.4) is 0 Å². The van der Waals surface area contributed by atoms with Crippen molar-refractivity contribution >= 4 is 28.8 Å². The number of aromatic nitrogens is 2. The number of imidazole rings is 1. The van der Waals surface area contributed by atoms with E-state index in [1.165, 1.54) is 0 Å². The van der Waals surface area contributed by atoms with Crippen LogP contribution in [-0.4, -0.2) is 15.3 Å². The maximum absolute atomic E-state index is 12.3. The average molecular weight is 328 g/mol. The molecule has 2 aromatic heterocycles. The fourth-order valence-corrected chi connectivity index (χ4v) is 2.74. The minimum Gasteiger partial charge on any atom is -0.325 e. The second kappa shape index (κ2) is 6.42. The lowest BCUT2D eigenvalue weighted by molar-refractivity contribution is -0.115. The quantitative estimate of drug-likeness (QED) is 0.777. The lowest BCUT2D eigenvalue weighted by Crippen LogP contribution is -2.16. The summed E-state index contributed by atoms with van der Waals surface area (Å²) < 4.78 is 1.83. The van der Waals surface area contributed by atoms with Crippen LogP contribution < -0.4 is 5.32 Å². The number of amides is 1. The zero-order valence-electron chi connectivity index (χ0n) is 13.1. The van der Waals surface area contributed by atoms with Gasteiger partial charge in [-0.15, -0.1) is 0 Å². The van der Waals surface area contributed by atoms with Crippen LogP contribution in [0.4, 0.5) is 5.69 Å². The number of halogens is 1. The molecule has 0 fully saturated rings. The number of pyridine rings is 1. The molecule has 3 rings (SSSR count). The molecule has 0 spiro atoms. The Labute approximate surface area is 140 Å². The summed E-state index contributed by atoms with van der Waals surface area (Å²) in [5, 5.41) is 3.62. The molecule has 0 aliphatic rings. The molecule has 0 saturated heterocycles. The Hall–Kier alpha value is -2.33. The van der Waals surface area contributed by atoms with E-state index in [-0.39, 0.29) is 12.3 Å². The minimum atomic E-state index is -0.0763. The summed E-state index contributed by atoms with van der Waals surface area (Å²) >= 11 is 5.96. The van der Waals surface area contributed by atoms with Crippen molar-refractivity contribution in [2.24, 2.45) is 0 Å². The number of rotatable bonds is 4. The third-order valence-electron chi connectivity index (χ3n) is 3.66. The van der Waals surface area contributed by atoms with Crippen LogP contribution in [-0.2, 0) is 11.2 Å². The first-order valence-electron chi connectivity index (χ1n) is 7.55. The standard InChI is InChI=1S/C18H18ClN3O/c1-12(2)15-5-3-4-6-16(15)21-18(23)9-14-11-22-10-13(19)7-8-17(22)20-14/h3-8,10-12H,9H2,1-2H3,(H,21,23). The maximum Gasteiger partial charge on any atom is 0.230 e. The molecule has 4 nitrogen and oxygen atoms in total. The monoisotopic (exact) mass is 327 g/mol. The van der Waals surface area contributed by atoms with Gasteiger partial charge >= 0.3 is 0 Å². The molecular weight excluding hydrogens is 310 g/mol. The lowest BCUT2D eigenvalue weighted by Gasteiger charge is -2.13. The van der Waals surface area contributed by atoms with Crippen molar-refractivity contribution in [3.63, 3.8) is 0 Å². The van der Waals surface area contributed by atoms with Crippen LogP contribution in [0.15, 0.2) is 48.8 Å². The topological polar surface area (TPSA) is 46.4 Å². The molecule has 0 radical (unpaired) electrons. The first kappa shape index (κ1) is 15.6. The normalized spacial score (nSPS) is 11.1. The van der Waals surface area contributed by atoms with Gasteiger partial charge in [-0.2, -0.15) is 0 Å². The predicted octanol–water partition coefficient (Wildman–Crippen LogP) is 4.29. The Morgan fingerprint density at radius 3 is 2.78 bits per heavy atom. The van der Waals surface area contributed by atoms with Crippen molar-refractivity contribution in [3.8, 4) is 0 Å². The molecule has 0 unspecified atom stereocenters. The predicted molar refractivity (Wildman–Crippen MR) is 93.1 cm³/mol. The number of hydrogen-bond acceptors (Lipinski definition) is 2. The Bertz CT molecular complexity index is 854. The van der Waals surface area contributed by atoms with Crippen molar-refractivity contribution in [2.75, 3.05) is 5.32 Å². The molecular formula is C18H18ClN3O. The second-order valence-corrected chi connectivity index (χ2v) is 6.25. The highest BCUT2D eigenvalue weighted by Crippen LogP contribution is 2.23. The number of nitrogens with zero attached hydrogens (tertiary/aromatic N) is 2. The van der Waals surface area contributed by atoms with Crippen LogP contribution in [0.5, 0.6) is 0 Å². The smallest absolute Gasteiger partial charge is 0.230 e. The Balaban J connectivity index is 1.76. The summed E-state index contributed by atoms with van der Waals surface area (Å²) in [6.07, 6.45) is 3.83. The number of fused-ring (bicyclic) bond motifs is 1. The van der Waals surface area contributed by atoms with Crippen LogP contribution in [0.1, 0.15) is 31.0 Å². The Morgan fingerprint density at radius 1 is 1.22 bits per heavy atom. The van der Waals surface area contributed by atoms with E-state index in [0.29, 0.717) is 16.6 Å². The second-order valence-electron chi connectivity index (χ2n) is 5.81. The zero-order valence-corrected chi connectivity index (χ0v) is 13.8. The maximum atomic E-state index is 12.3. The van der Waals surface area contributed by atoms with Crippen molar-refractivity contribution in [1.29, 1.82) is 0 Å². The molecule has 0 bridgehead atoms. The van der Waals surface area contributed by atoms with Gasteiger partial charge in [0.25, 0.3) is 0 Å². The van der Waals surface area contributed by atoms with E-state index < -0.39 is 0 Å². The molecule has 1 amide bonds. The van der Waals surface area contributed by atoms with Crippen molar-refractivity contribution in [3.05, 3.63) is 65.1 Å². The molecule has 5 heteroatoms. The van der Waals surface area contributed by atoms with Crippen molar-refractivity contribution in [1.82, 2.24) is 9.38 Å². The van der Waals surface area contributed by atoms with Crippen LogP contribution >= 0.6 is 11.6 Å². The van der Waals surface area contributed by atoms with Gasteiger partial charge in [-0.1, -0.05) is 43.6 Å². The van der Waals surface area contributed by atoms with Gasteiger partial charge in [-0.05, 0) is 29.7 Å². The molecule has 0 saturated carbocycles. The molecule has 1 N–H and O–H groups in total. The first-order valence-corrected chi connectivity index (χ1v) is 7.92. The lowest BCUT2D eigenvalue weighted by atomic mass is 10.0. The summed E-state index contributed by atoms with van der Waals surface area (Å²) in [6.45, 7) is 4.22. The van der Waals surface area contributed by atoms with Gasteiger partial charge in [-0.25, -0.2) is 4.98 Å². The van der Waals surface area contributed by atoms with Crippen molar-refractivity contribution < 1.29 is 4.79 Å². The SMILES string of the molecule is CC(C)c1ccccc1NC(=O)Cc1cn2cc(Cl)ccc2n1. The van der Waals surface area contributed by atoms with Gasteiger partial charge < -0.3 is 9.72 Å². The Kier molecular flexibility index (Phi) is 4.35. The fraction of sp³-hybridized carbons (Fsp3) is 0.222. The van der Waals surface area contributed by atoms with Gasteiger partial charge in [0, 0.05) is 18.1 Å². The summed E-state index contributed by atoms with van der Waals surface area (Å²) in [7, 11) is 0. The molecule has 0 aliphatic heterocycles. The first-order chi connectivity index (χ1) is 11.0. The van der Waals surface area contributed by atoms with E-state index in [9.17, 15) is 4.79 Å². The summed E-state index contributed by atoms with van der Waals surface area (Å²) in [6, 6.07) is 11.5. The average Bonchev–Trinajstić information content (AvgIpc) is 2.88. The van der Waals surface area contributed by atoms with Gasteiger partial charge in [0.2, 0.25) is 5.91 Å². The molecule has 3 aromatic rings. The van der Waals surface area contributed by atoms with Gasteiger partial charge in [0.1, 0.15) is 5.65 Å². The zero-order chi connectivity index (χ0) is 16.4. The number of anilines is 1. The molecule has 0 atom stereocenters. The van der Waals surface area contributed by atoms with E-state index in [2.05, 4.69) is 24.1 Å². The van der Waals surface area contributed by atoms with E-state index >= 15 is 0 Å². The number of hydrogen-bond donors (Lipinski definition) is 1. The highest BCUT2D eigenvalue weighted by atomic mass is 35.5. The number of benzene rings is 1. The number of carbonyl (C=O) groups excluding carboxylic acids is 1. The van der Waals surface area contributed by atoms with E-state index in [1.54, 1.807) is 12.3 Å². The largest absolute Gasteiger partial charge is 0.325 e.